The lowest BCUT2D eigenvalue weighted by atomic mass is 10.2. The van der Waals surface area contributed by atoms with E-state index in [2.05, 4.69) is 26.6 Å². The van der Waals surface area contributed by atoms with Crippen molar-refractivity contribution in [2.75, 3.05) is 119 Å². The van der Waals surface area contributed by atoms with Crippen molar-refractivity contribution in [3.05, 3.63) is 0 Å². The van der Waals surface area contributed by atoms with Crippen LogP contribution in [0.3, 0.4) is 0 Å². The molecule has 0 aromatic rings. The van der Waals surface area contributed by atoms with E-state index >= 15 is 0 Å². The van der Waals surface area contributed by atoms with Crippen LogP contribution in [0.5, 0.6) is 0 Å². The van der Waals surface area contributed by atoms with E-state index in [0.29, 0.717) is 119 Å². The molecule has 0 unspecified atom stereocenters. The van der Waals surface area contributed by atoms with E-state index in [-0.39, 0.29) is 12.6 Å². The lowest BCUT2D eigenvalue weighted by Crippen LogP contribution is -2.27. The second kappa shape index (κ2) is 30.3. The largest absolute Gasteiger partial charge is 0.463 e. The van der Waals surface area contributed by atoms with Crippen LogP contribution < -0.4 is 0 Å². The Morgan fingerprint density at radius 2 is 0.769 bits per heavy atom. The molecule has 0 atom stereocenters. The molecule has 39 heavy (non-hydrogen) atoms. The van der Waals surface area contributed by atoms with Crippen molar-refractivity contribution in [2.45, 2.75) is 52.2 Å². The maximum absolute atomic E-state index is 11.4. The SMILES string of the molecule is CCCCCC(=O)OCCOCCOCCOCCOCCOCCOCCOCCOCCO[Si](C)(C)C. The first-order chi connectivity index (χ1) is 19.0. The van der Waals surface area contributed by atoms with E-state index in [0.717, 1.165) is 19.3 Å². The van der Waals surface area contributed by atoms with Gasteiger partial charge in [-0.25, -0.2) is 0 Å². The summed E-state index contributed by atoms with van der Waals surface area (Å²) in [6, 6.07) is 0. The molecule has 0 fully saturated rings. The number of carbonyl (C=O) groups excluding carboxylic acids is 1. The maximum Gasteiger partial charge on any atom is 0.305 e. The Bertz CT molecular complexity index is 507. The van der Waals surface area contributed by atoms with Crippen LogP contribution in [0.4, 0.5) is 0 Å². The minimum absolute atomic E-state index is 0.156. The van der Waals surface area contributed by atoms with Crippen LogP contribution >= 0.6 is 0 Å². The third-order valence-corrected chi connectivity index (χ3v) is 5.91. The molecule has 0 N–H and O–H groups in total. The van der Waals surface area contributed by atoms with E-state index in [1.54, 1.807) is 0 Å². The highest BCUT2D eigenvalue weighted by Gasteiger charge is 2.13. The Hall–Kier alpha value is -0.673. The predicted molar refractivity (Wildman–Crippen MR) is 151 cm³/mol. The molecule has 0 rings (SSSR count). The monoisotopic (exact) mass is 584 g/mol. The van der Waals surface area contributed by atoms with E-state index in [1.807, 2.05) is 0 Å². The summed E-state index contributed by atoms with van der Waals surface area (Å²) in [7, 11) is -1.45. The third-order valence-electron chi connectivity index (χ3n) is 4.84. The lowest BCUT2D eigenvalue weighted by molar-refractivity contribution is -0.145. The van der Waals surface area contributed by atoms with Crippen LogP contribution in [0.1, 0.15) is 32.6 Å². The summed E-state index contributed by atoms with van der Waals surface area (Å²) >= 11 is 0. The fraction of sp³-hybridized carbons (Fsp3) is 0.963. The molecule has 0 spiro atoms. The Labute approximate surface area is 237 Å². The fourth-order valence-electron chi connectivity index (χ4n) is 2.85. The molecule has 0 aromatic carbocycles. The first-order valence-corrected chi connectivity index (χ1v) is 17.8. The van der Waals surface area contributed by atoms with Crippen LogP contribution in [0.25, 0.3) is 0 Å². The van der Waals surface area contributed by atoms with Gasteiger partial charge >= 0.3 is 5.97 Å². The summed E-state index contributed by atoms with van der Waals surface area (Å²) in [5.41, 5.74) is 0. The third kappa shape index (κ3) is 35.3. The summed E-state index contributed by atoms with van der Waals surface area (Å²) < 4.78 is 54.3. The molecule has 0 bridgehead atoms. The number of unbranched alkanes of at least 4 members (excludes halogenated alkanes) is 2. The van der Waals surface area contributed by atoms with Gasteiger partial charge in [0.05, 0.1) is 112 Å². The quantitative estimate of drug-likeness (QED) is 0.0661. The molecule has 12 heteroatoms. The topological polar surface area (TPSA) is 109 Å². The van der Waals surface area contributed by atoms with E-state index in [1.165, 1.54) is 0 Å². The molecule has 0 aliphatic rings. The van der Waals surface area contributed by atoms with Gasteiger partial charge in [-0.2, -0.15) is 0 Å². The van der Waals surface area contributed by atoms with Crippen LogP contribution in [-0.4, -0.2) is 133 Å². The second-order valence-corrected chi connectivity index (χ2v) is 14.1. The van der Waals surface area contributed by atoms with Crippen molar-refractivity contribution in [3.63, 3.8) is 0 Å². The first-order valence-electron chi connectivity index (χ1n) is 14.4. The van der Waals surface area contributed by atoms with Crippen molar-refractivity contribution in [1.29, 1.82) is 0 Å². The molecule has 0 radical (unpaired) electrons. The van der Waals surface area contributed by atoms with Crippen molar-refractivity contribution in [3.8, 4) is 0 Å². The zero-order chi connectivity index (χ0) is 28.7. The average molecular weight is 585 g/mol. The summed E-state index contributed by atoms with van der Waals surface area (Å²) in [5, 5.41) is 0. The molecule has 234 valence electrons. The standard InChI is InChI=1S/C27H56O11Si/c1-5-6-7-8-27(28)37-25-23-35-21-19-33-17-15-31-13-11-29-9-10-30-12-14-32-16-18-34-20-22-36-24-26-38-39(2,3)4/h5-26H2,1-4H3. The highest BCUT2D eigenvalue weighted by Crippen LogP contribution is 2.01. The summed E-state index contributed by atoms with van der Waals surface area (Å²) in [6.07, 6.45) is 3.51. The minimum atomic E-state index is -1.45. The minimum Gasteiger partial charge on any atom is -0.463 e. The smallest absolute Gasteiger partial charge is 0.305 e. The van der Waals surface area contributed by atoms with Crippen LogP contribution in [0.15, 0.2) is 0 Å². The molecule has 0 aromatic heterocycles. The first kappa shape index (κ1) is 38.3. The highest BCUT2D eigenvalue weighted by molar-refractivity contribution is 6.69. The molecule has 0 saturated carbocycles. The predicted octanol–water partition coefficient (Wildman–Crippen LogP) is 3.09. The fourth-order valence-corrected chi connectivity index (χ4v) is 3.55. The van der Waals surface area contributed by atoms with Crippen molar-refractivity contribution < 1.29 is 51.9 Å². The van der Waals surface area contributed by atoms with Gasteiger partial charge in [0, 0.05) is 6.42 Å². The van der Waals surface area contributed by atoms with Gasteiger partial charge in [0.2, 0.25) is 0 Å². The molecule has 0 aliphatic carbocycles. The Morgan fingerprint density at radius 3 is 1.08 bits per heavy atom. The second-order valence-electron chi connectivity index (χ2n) is 9.54. The zero-order valence-corrected chi connectivity index (χ0v) is 26.0. The summed E-state index contributed by atoms with van der Waals surface area (Å²) in [6.45, 7) is 17.7. The van der Waals surface area contributed by atoms with Crippen molar-refractivity contribution in [1.82, 2.24) is 0 Å². The van der Waals surface area contributed by atoms with E-state index < -0.39 is 8.32 Å². The van der Waals surface area contributed by atoms with Gasteiger partial charge in [-0.15, -0.1) is 0 Å². The maximum atomic E-state index is 11.4. The number of esters is 1. The lowest BCUT2D eigenvalue weighted by Gasteiger charge is -2.16. The van der Waals surface area contributed by atoms with Crippen LogP contribution in [0, 0.1) is 0 Å². The Morgan fingerprint density at radius 1 is 0.462 bits per heavy atom. The van der Waals surface area contributed by atoms with Gasteiger partial charge in [0.1, 0.15) is 6.61 Å². The molecule has 0 saturated heterocycles. The summed E-state index contributed by atoms with van der Waals surface area (Å²) in [5.74, 6) is -0.156. The van der Waals surface area contributed by atoms with Gasteiger partial charge in [0.25, 0.3) is 0 Å². The molecular weight excluding hydrogens is 528 g/mol. The molecule has 0 heterocycles. The van der Waals surface area contributed by atoms with Gasteiger partial charge in [-0.1, -0.05) is 19.8 Å². The normalized spacial score (nSPS) is 11.8. The summed E-state index contributed by atoms with van der Waals surface area (Å²) in [4.78, 5) is 11.4. The van der Waals surface area contributed by atoms with E-state index in [9.17, 15) is 4.79 Å². The molecule has 11 nitrogen and oxygen atoms in total. The van der Waals surface area contributed by atoms with Gasteiger partial charge in [0.15, 0.2) is 8.32 Å². The van der Waals surface area contributed by atoms with Crippen LogP contribution in [-0.2, 0) is 51.9 Å². The van der Waals surface area contributed by atoms with Crippen molar-refractivity contribution >= 4 is 14.3 Å². The number of ether oxygens (including phenoxy) is 9. The van der Waals surface area contributed by atoms with Crippen LogP contribution in [0.2, 0.25) is 19.6 Å². The number of rotatable bonds is 32. The van der Waals surface area contributed by atoms with Gasteiger partial charge in [-0.3, -0.25) is 4.79 Å². The highest BCUT2D eigenvalue weighted by atomic mass is 28.4. The van der Waals surface area contributed by atoms with Crippen molar-refractivity contribution in [2.24, 2.45) is 0 Å². The molecule has 0 amide bonds. The number of hydrogen-bond acceptors (Lipinski definition) is 11. The average Bonchev–Trinajstić information content (AvgIpc) is 2.89. The molecular formula is C27H56O11Si. The zero-order valence-electron chi connectivity index (χ0n) is 25.0. The molecule has 0 aliphatic heterocycles. The Balaban J connectivity index is 3.09. The van der Waals surface area contributed by atoms with Gasteiger partial charge in [-0.05, 0) is 26.1 Å². The number of carbonyl (C=O) groups is 1. The number of hydrogen-bond donors (Lipinski definition) is 0. The van der Waals surface area contributed by atoms with E-state index in [4.69, 9.17) is 47.1 Å². The van der Waals surface area contributed by atoms with Gasteiger partial charge < -0.3 is 47.1 Å². The Kier molecular flexibility index (Phi) is 29.8.